The Morgan fingerprint density at radius 2 is 1.94 bits per heavy atom. The zero-order valence-corrected chi connectivity index (χ0v) is 28.8. The first kappa shape index (κ1) is 33.2. The summed E-state index contributed by atoms with van der Waals surface area (Å²) in [6.45, 7) is 2.66. The maximum absolute atomic E-state index is 14.3. The van der Waals surface area contributed by atoms with Crippen molar-refractivity contribution in [2.75, 3.05) is 31.6 Å². The number of nitrogens with one attached hydrogen (secondary N) is 2. The Kier molecular flexibility index (Phi) is 8.82. The van der Waals surface area contributed by atoms with E-state index in [-0.39, 0.29) is 47.9 Å². The number of anilines is 1. The van der Waals surface area contributed by atoms with Crippen LogP contribution in [0.3, 0.4) is 0 Å². The number of carbonyl (C=O) groups excluding carboxylic acids is 1. The molecular formula is C34H41FN4O8S2. The SMILES string of the molecule is CC1(CN(CC(O)C(Cc2ccc(F)cc2)NC(=O)OC2C3COC4CC2OC4OC3)S(=O)(=O)c2ccc3nc(NC4CC4)sc3c2)CC1. The lowest BCUT2D eigenvalue weighted by Crippen LogP contribution is -2.52. The molecule has 1 aromatic heterocycles. The van der Waals surface area contributed by atoms with Crippen LogP contribution in [0.25, 0.3) is 10.2 Å². The second-order valence-electron chi connectivity index (χ2n) is 14.4. The Hall–Kier alpha value is -2.92. The van der Waals surface area contributed by atoms with E-state index in [4.69, 9.17) is 18.9 Å². The molecule has 3 aromatic rings. The number of benzene rings is 2. The molecule has 0 radical (unpaired) electrons. The normalized spacial score (nSPS) is 28.3. The van der Waals surface area contributed by atoms with Crippen molar-refractivity contribution < 1.29 is 41.7 Å². The number of alkyl carbamates (subject to hydrolysis) is 1. The molecule has 264 valence electrons. The molecule has 5 heterocycles. The Morgan fingerprint density at radius 1 is 1.16 bits per heavy atom. The van der Waals surface area contributed by atoms with Crippen molar-refractivity contribution in [2.24, 2.45) is 11.3 Å². The molecule has 6 aliphatic rings. The van der Waals surface area contributed by atoms with Gasteiger partial charge in [0.25, 0.3) is 0 Å². The van der Waals surface area contributed by atoms with Crippen LogP contribution in [-0.4, -0.2) is 98.0 Å². The summed E-state index contributed by atoms with van der Waals surface area (Å²) in [6, 6.07) is 10.1. The van der Waals surface area contributed by atoms with E-state index in [9.17, 15) is 22.7 Å². The minimum atomic E-state index is -4.07. The molecule has 7 unspecified atom stereocenters. The van der Waals surface area contributed by atoms with Crippen LogP contribution in [0, 0.1) is 17.2 Å². The molecule has 7 atom stereocenters. The van der Waals surface area contributed by atoms with E-state index >= 15 is 0 Å². The molecule has 49 heavy (non-hydrogen) atoms. The molecule has 4 saturated heterocycles. The number of fused-ring (bicyclic) bond motifs is 3. The van der Waals surface area contributed by atoms with E-state index in [0.717, 1.165) is 35.5 Å². The van der Waals surface area contributed by atoms with Gasteiger partial charge in [-0.1, -0.05) is 30.4 Å². The number of carbonyl (C=O) groups is 1. The Labute approximate surface area is 288 Å². The fourth-order valence-electron chi connectivity index (χ4n) is 6.87. The van der Waals surface area contributed by atoms with Crippen molar-refractivity contribution in [3.05, 3.63) is 53.8 Å². The molecule has 2 saturated carbocycles. The number of aromatic nitrogens is 1. The Bertz CT molecular complexity index is 1780. The van der Waals surface area contributed by atoms with Gasteiger partial charge in [0.05, 0.1) is 40.5 Å². The summed E-state index contributed by atoms with van der Waals surface area (Å²) >= 11 is 1.42. The molecule has 6 fully saturated rings. The highest BCUT2D eigenvalue weighted by molar-refractivity contribution is 7.89. The predicted molar refractivity (Wildman–Crippen MR) is 178 cm³/mol. The highest BCUT2D eigenvalue weighted by Crippen LogP contribution is 2.46. The lowest BCUT2D eigenvalue weighted by Gasteiger charge is -2.32. The van der Waals surface area contributed by atoms with Gasteiger partial charge in [0.1, 0.15) is 24.1 Å². The predicted octanol–water partition coefficient (Wildman–Crippen LogP) is 4.03. The number of amides is 1. The summed E-state index contributed by atoms with van der Waals surface area (Å²) < 4.78 is 68.0. The Morgan fingerprint density at radius 3 is 2.69 bits per heavy atom. The molecule has 2 aliphatic carbocycles. The van der Waals surface area contributed by atoms with Crippen molar-refractivity contribution in [2.45, 2.75) is 93.1 Å². The number of aliphatic hydroxyl groups is 1. The number of nitrogens with zero attached hydrogens (tertiary/aromatic N) is 2. The minimum absolute atomic E-state index is 0.107. The van der Waals surface area contributed by atoms with Crippen LogP contribution in [0.2, 0.25) is 0 Å². The van der Waals surface area contributed by atoms with Gasteiger partial charge in [-0.2, -0.15) is 4.31 Å². The number of halogens is 1. The first-order valence-electron chi connectivity index (χ1n) is 17.0. The molecular weight excluding hydrogens is 676 g/mol. The largest absolute Gasteiger partial charge is 0.443 e. The smallest absolute Gasteiger partial charge is 0.407 e. The number of aliphatic hydroxyl groups excluding tert-OH is 1. The van der Waals surface area contributed by atoms with E-state index in [1.54, 1.807) is 30.3 Å². The number of hydrogen-bond acceptors (Lipinski definition) is 11. The van der Waals surface area contributed by atoms with E-state index in [0.29, 0.717) is 36.8 Å². The van der Waals surface area contributed by atoms with Gasteiger partial charge in [-0.25, -0.2) is 22.6 Å². The van der Waals surface area contributed by atoms with Crippen LogP contribution < -0.4 is 10.6 Å². The third-order valence-electron chi connectivity index (χ3n) is 10.2. The number of thiazole rings is 1. The molecule has 4 aliphatic heterocycles. The van der Waals surface area contributed by atoms with Crippen LogP contribution in [0.5, 0.6) is 0 Å². The second-order valence-corrected chi connectivity index (χ2v) is 17.4. The zero-order chi connectivity index (χ0) is 33.9. The van der Waals surface area contributed by atoms with E-state index in [1.165, 1.54) is 27.8 Å². The quantitative estimate of drug-likeness (QED) is 0.237. The lowest BCUT2D eigenvalue weighted by atomic mass is 9.97. The molecule has 0 spiro atoms. The van der Waals surface area contributed by atoms with Crippen molar-refractivity contribution in [3.8, 4) is 0 Å². The maximum Gasteiger partial charge on any atom is 0.407 e. The number of rotatable bonds is 13. The first-order valence-corrected chi connectivity index (χ1v) is 19.2. The van der Waals surface area contributed by atoms with Gasteiger partial charge in [-0.3, -0.25) is 0 Å². The molecule has 3 N–H and O–H groups in total. The average Bonchev–Trinajstić information content (AvgIpc) is 3.98. The minimum Gasteiger partial charge on any atom is -0.443 e. The van der Waals surface area contributed by atoms with Gasteiger partial charge in [-0.15, -0.1) is 0 Å². The summed E-state index contributed by atoms with van der Waals surface area (Å²) in [4.78, 5) is 18.2. The summed E-state index contributed by atoms with van der Waals surface area (Å²) in [5.41, 5.74) is 1.15. The van der Waals surface area contributed by atoms with E-state index < -0.39 is 46.5 Å². The molecule has 9 rings (SSSR count). The van der Waals surface area contributed by atoms with Gasteiger partial charge >= 0.3 is 6.09 Å². The molecule has 12 nitrogen and oxygen atoms in total. The fourth-order valence-corrected chi connectivity index (χ4v) is 9.56. The molecule has 1 amide bonds. The number of ether oxygens (including phenoxy) is 4. The number of sulfonamides is 1. The van der Waals surface area contributed by atoms with Gasteiger partial charge in [0.2, 0.25) is 10.0 Å². The topological polar surface area (TPSA) is 149 Å². The second kappa shape index (κ2) is 13.0. The zero-order valence-electron chi connectivity index (χ0n) is 27.1. The Balaban J connectivity index is 1.03. The van der Waals surface area contributed by atoms with Crippen LogP contribution in [0.1, 0.15) is 44.6 Å². The summed E-state index contributed by atoms with van der Waals surface area (Å²) in [5, 5.41) is 18.7. The molecule has 15 heteroatoms. The molecule has 2 aromatic carbocycles. The van der Waals surface area contributed by atoms with Gasteiger partial charge < -0.3 is 34.7 Å². The van der Waals surface area contributed by atoms with Gasteiger partial charge in [0.15, 0.2) is 11.4 Å². The summed E-state index contributed by atoms with van der Waals surface area (Å²) in [6.07, 6.45) is 0.771. The van der Waals surface area contributed by atoms with Crippen molar-refractivity contribution in [1.82, 2.24) is 14.6 Å². The average molecular weight is 717 g/mol. The van der Waals surface area contributed by atoms with Crippen molar-refractivity contribution >= 4 is 42.8 Å². The van der Waals surface area contributed by atoms with E-state index in [2.05, 4.69) is 15.6 Å². The molecule has 4 bridgehead atoms. The highest BCUT2D eigenvalue weighted by atomic mass is 32.2. The summed E-state index contributed by atoms with van der Waals surface area (Å²) in [7, 11) is -4.07. The third kappa shape index (κ3) is 7.30. The van der Waals surface area contributed by atoms with Gasteiger partial charge in [0, 0.05) is 31.5 Å². The first-order chi connectivity index (χ1) is 23.5. The van der Waals surface area contributed by atoms with Gasteiger partial charge in [-0.05, 0) is 73.4 Å². The monoisotopic (exact) mass is 716 g/mol. The van der Waals surface area contributed by atoms with Crippen molar-refractivity contribution in [3.63, 3.8) is 0 Å². The van der Waals surface area contributed by atoms with Crippen LogP contribution in [0.15, 0.2) is 47.4 Å². The van der Waals surface area contributed by atoms with Crippen LogP contribution in [-0.2, 0) is 35.4 Å². The highest BCUT2D eigenvalue weighted by Gasteiger charge is 2.51. The lowest BCUT2D eigenvalue weighted by molar-refractivity contribution is -0.162. The van der Waals surface area contributed by atoms with Crippen LogP contribution >= 0.6 is 11.3 Å². The fraction of sp³-hybridized carbons (Fsp3) is 0.588. The number of hydrogen-bond donors (Lipinski definition) is 3. The summed E-state index contributed by atoms with van der Waals surface area (Å²) in [5.74, 6) is -0.635. The maximum atomic E-state index is 14.3. The standard InChI is InChI=1S/C34H41FN4O8S2/c1-34(10-11-34)18-39(49(42,43)23-8-9-24-29(13-23)48-32(37-24)36-22-6-7-22)15-26(40)25(12-19-2-4-21(35)5-3-19)38-33(41)47-30-20-16-44-28-14-27(30)46-31(28)45-17-20/h2-5,8-9,13,20,22,25-28,30-31,40H,6-7,10-12,14-18H2,1H3,(H,36,37)(H,38,41). The van der Waals surface area contributed by atoms with Crippen molar-refractivity contribution in [1.29, 1.82) is 0 Å². The van der Waals surface area contributed by atoms with Crippen LogP contribution in [0.4, 0.5) is 14.3 Å². The van der Waals surface area contributed by atoms with E-state index in [1.807, 2.05) is 6.92 Å². The third-order valence-corrected chi connectivity index (χ3v) is 13.0.